The van der Waals surface area contributed by atoms with E-state index in [2.05, 4.69) is 27.7 Å². The molecule has 1 N–H and O–H groups in total. The predicted molar refractivity (Wildman–Crippen MR) is 367 cm³/mol. The Morgan fingerprint density at radius 2 is 0.763 bits per heavy atom. The van der Waals surface area contributed by atoms with E-state index in [0.717, 1.165) is 125 Å². The van der Waals surface area contributed by atoms with Crippen LogP contribution in [0.3, 0.4) is 0 Å². The Bertz CT molecular complexity index is 2540. The molecule has 1 aromatic carbocycles. The second kappa shape index (κ2) is 60.3. The summed E-state index contributed by atoms with van der Waals surface area (Å²) in [7, 11) is -8.76. The van der Waals surface area contributed by atoms with E-state index in [-0.39, 0.29) is 96.3 Å². The fourth-order valence-electron chi connectivity index (χ4n) is 10.6. The van der Waals surface area contributed by atoms with Crippen molar-refractivity contribution in [3.8, 4) is 5.75 Å². The van der Waals surface area contributed by atoms with Gasteiger partial charge in [0.05, 0.1) is 38.9 Å². The Balaban J connectivity index is 0.00000369. The quantitative estimate of drug-likeness (QED) is 0.0137. The third-order valence-electron chi connectivity index (χ3n) is 16.2. The van der Waals surface area contributed by atoms with Crippen molar-refractivity contribution < 1.29 is 153 Å². The molecular formula is C72H122Na2O21P2. The summed E-state index contributed by atoms with van der Waals surface area (Å²) in [4.78, 5) is 87.5. The van der Waals surface area contributed by atoms with Crippen LogP contribution in [0.5, 0.6) is 5.75 Å². The fraction of sp³-hybridized carbons (Fsp3) is 0.792. The van der Waals surface area contributed by atoms with Gasteiger partial charge in [-0.3, -0.25) is 28.3 Å². The first-order chi connectivity index (χ1) is 45.8. The van der Waals surface area contributed by atoms with E-state index >= 15 is 0 Å². The topological polar surface area (TPSA) is 295 Å². The molecule has 548 valence electrons. The smallest absolute Gasteiger partial charge is 0.756 e. The van der Waals surface area contributed by atoms with E-state index in [1.54, 1.807) is 19.2 Å². The molecule has 4 unspecified atom stereocenters. The van der Waals surface area contributed by atoms with E-state index in [9.17, 15) is 48.0 Å². The molecule has 3 rings (SSSR count). The van der Waals surface area contributed by atoms with Gasteiger partial charge in [0.1, 0.15) is 36.2 Å². The number of rotatable bonds is 60. The number of phosphoric acid groups is 2. The zero-order valence-corrected chi connectivity index (χ0v) is 66.9. The van der Waals surface area contributed by atoms with Crippen LogP contribution in [0.15, 0.2) is 37.9 Å². The van der Waals surface area contributed by atoms with Crippen LogP contribution in [0.25, 0.3) is 21.9 Å². The zero-order chi connectivity index (χ0) is 69.8. The van der Waals surface area contributed by atoms with Crippen molar-refractivity contribution in [1.82, 2.24) is 0 Å². The molecule has 0 radical (unpaired) electrons. The monoisotopic (exact) mass is 1430 g/mol. The van der Waals surface area contributed by atoms with Crippen LogP contribution in [0.2, 0.25) is 0 Å². The standard InChI is InChI=1S/C57H110O17P2.C15H14O4.2Na/c1-5-9-13-17-21-25-29-33-37-41-54(59)67-47-52(73-56(61)43-39-35-31-27-23-19-15-11-7-3)49-71-75(63,64)69-45-51(58)46-70-76(65,66)72-50-53(74-57(62)44-40-36-32-28-24-20-16-12-8-4)48-68-55(60)42-38-34-30-26-22-18-14-10-6-2;1-8(2)14-15(17-3)10-6-9-4-5-13(16)18-11(9)7-12(10)19-14;;/h51-53,58H,5-50H2,1-4H3,(H,63,64)(H,65,66);4-8H,1-3H3;;/q;;2*+1/p-2. The van der Waals surface area contributed by atoms with Gasteiger partial charge in [0.15, 0.2) is 18.0 Å². The molecule has 25 heteroatoms. The predicted octanol–water partition coefficient (Wildman–Crippen LogP) is 11.6. The summed E-state index contributed by atoms with van der Waals surface area (Å²) in [5.74, 6) is -0.471. The maximum Gasteiger partial charge on any atom is 1.00 e. The Morgan fingerprint density at radius 1 is 0.443 bits per heavy atom. The van der Waals surface area contributed by atoms with Crippen LogP contribution < -0.4 is 79.3 Å². The van der Waals surface area contributed by atoms with Crippen LogP contribution in [0.1, 0.15) is 310 Å². The van der Waals surface area contributed by atoms with E-state index < -0.39 is 97.5 Å². The summed E-state index contributed by atoms with van der Waals surface area (Å²) in [6.45, 7) is 8.45. The molecule has 97 heavy (non-hydrogen) atoms. The average Bonchev–Trinajstić information content (AvgIpc) is 1.65. The van der Waals surface area contributed by atoms with Crippen LogP contribution in [0.4, 0.5) is 0 Å². The second-order valence-corrected chi connectivity index (χ2v) is 28.3. The van der Waals surface area contributed by atoms with Gasteiger partial charge in [-0.2, -0.15) is 0 Å². The maximum absolute atomic E-state index is 12.8. The molecule has 0 bridgehead atoms. The minimum absolute atomic E-state index is 0. The summed E-state index contributed by atoms with van der Waals surface area (Å²) < 4.78 is 83.1. The van der Waals surface area contributed by atoms with E-state index in [1.165, 1.54) is 109 Å². The number of phosphoric ester groups is 2. The molecule has 2 aromatic heterocycles. The number of aliphatic hydroxyl groups is 1. The summed E-state index contributed by atoms with van der Waals surface area (Å²) in [5.41, 5.74) is 0.823. The first kappa shape index (κ1) is 94.8. The number of furan rings is 1. The fourth-order valence-corrected chi connectivity index (χ4v) is 12.2. The molecule has 21 nitrogen and oxygen atoms in total. The summed E-state index contributed by atoms with van der Waals surface area (Å²) in [5, 5.41) is 12.2. The molecule has 2 heterocycles. The Kier molecular flexibility index (Phi) is 58.9. The molecule has 4 atom stereocenters. The van der Waals surface area contributed by atoms with Gasteiger partial charge in [0, 0.05) is 49.1 Å². The third-order valence-corrected chi connectivity index (χ3v) is 18.1. The Hall–Kier alpha value is -2.17. The molecule has 0 fully saturated rings. The molecule has 0 spiro atoms. The molecule has 3 aromatic rings. The first-order valence-corrected chi connectivity index (χ1v) is 39.3. The molecule has 0 saturated heterocycles. The maximum atomic E-state index is 12.8. The third kappa shape index (κ3) is 49.2. The number of carbonyl (C=O) groups excluding carboxylic acids is 4. The number of hydrogen-bond acceptors (Lipinski definition) is 21. The van der Waals surface area contributed by atoms with Crippen molar-refractivity contribution in [3.05, 3.63) is 40.4 Å². The number of carbonyl (C=O) groups is 4. The van der Waals surface area contributed by atoms with Gasteiger partial charge in [0.2, 0.25) is 0 Å². The summed E-state index contributed by atoms with van der Waals surface area (Å²) in [6.07, 6.45) is 34.2. The van der Waals surface area contributed by atoms with Crippen LogP contribution in [-0.4, -0.2) is 94.0 Å². The van der Waals surface area contributed by atoms with E-state index in [1.807, 2.05) is 19.9 Å². The molecule has 0 saturated carbocycles. The number of benzene rings is 1. The molecule has 0 aliphatic carbocycles. The number of esters is 4. The number of methoxy groups -OCH3 is 1. The summed E-state index contributed by atoms with van der Waals surface area (Å²) in [6, 6.07) is 6.80. The van der Waals surface area contributed by atoms with Crippen LogP contribution in [0, 0.1) is 0 Å². The van der Waals surface area contributed by atoms with Crippen molar-refractivity contribution in [2.24, 2.45) is 0 Å². The number of aliphatic hydroxyl groups excluding tert-OH is 1. The van der Waals surface area contributed by atoms with Crippen molar-refractivity contribution in [2.75, 3.05) is 46.8 Å². The van der Waals surface area contributed by atoms with Crippen LogP contribution in [-0.2, 0) is 65.4 Å². The van der Waals surface area contributed by atoms with Crippen molar-refractivity contribution >= 4 is 61.5 Å². The Labute approximate surface area is 625 Å². The van der Waals surface area contributed by atoms with Crippen molar-refractivity contribution in [3.63, 3.8) is 0 Å². The van der Waals surface area contributed by atoms with E-state index in [0.29, 0.717) is 36.8 Å². The molecule has 0 amide bonds. The van der Waals surface area contributed by atoms with Gasteiger partial charge in [0.25, 0.3) is 15.6 Å². The average molecular weight is 1430 g/mol. The van der Waals surface area contributed by atoms with Crippen molar-refractivity contribution in [1.29, 1.82) is 0 Å². The number of fused-ring (bicyclic) bond motifs is 2. The SMILES string of the molecule is CCCCCCCCCCCC(=O)OCC(COP(=O)([O-])OCC(O)COP(=O)([O-])OCC(COC(=O)CCCCCCCCCCC)OC(=O)CCCCCCCCCCC)OC(=O)CCCCCCCCCCC.COc1c(C(C)C)oc2cc3oc(=O)ccc3cc12.[Na+].[Na+]. The van der Waals surface area contributed by atoms with Gasteiger partial charge in [-0.1, -0.05) is 247 Å². The van der Waals surface area contributed by atoms with Gasteiger partial charge in [-0.05, 0) is 37.8 Å². The van der Waals surface area contributed by atoms with Gasteiger partial charge >= 0.3 is 88.6 Å². The first-order valence-electron chi connectivity index (χ1n) is 36.4. The van der Waals surface area contributed by atoms with Gasteiger partial charge in [-0.15, -0.1) is 0 Å². The van der Waals surface area contributed by atoms with Crippen LogP contribution >= 0.6 is 15.6 Å². The summed E-state index contributed by atoms with van der Waals surface area (Å²) >= 11 is 0. The molecular weight excluding hydrogens is 1310 g/mol. The minimum Gasteiger partial charge on any atom is -0.756 e. The second-order valence-electron chi connectivity index (χ2n) is 25.4. The largest absolute Gasteiger partial charge is 1.00 e. The number of unbranched alkanes of at least 4 members (excludes halogenated alkanes) is 32. The Morgan fingerprint density at radius 3 is 1.09 bits per heavy atom. The molecule has 0 aliphatic heterocycles. The molecule has 0 aliphatic rings. The van der Waals surface area contributed by atoms with Gasteiger partial charge < -0.3 is 65.5 Å². The van der Waals surface area contributed by atoms with Gasteiger partial charge in [-0.25, -0.2) is 4.79 Å². The zero-order valence-electron chi connectivity index (χ0n) is 61.2. The minimum atomic E-state index is -5.20. The number of ether oxygens (including phenoxy) is 5. The van der Waals surface area contributed by atoms with Crippen molar-refractivity contribution in [2.45, 2.75) is 323 Å². The number of hydrogen-bond donors (Lipinski definition) is 1. The normalized spacial score (nSPS) is 13.5. The van der Waals surface area contributed by atoms with E-state index in [4.69, 9.17) is 50.6 Å².